The second-order valence-corrected chi connectivity index (χ2v) is 39.4. The van der Waals surface area contributed by atoms with Crippen molar-refractivity contribution in [1.82, 2.24) is 0 Å². The van der Waals surface area contributed by atoms with E-state index in [1.54, 1.807) is 0 Å². The van der Waals surface area contributed by atoms with Gasteiger partial charge in [0.2, 0.25) is 0 Å². The third-order valence-electron chi connectivity index (χ3n) is 31.6. The smallest absolute Gasteiger partial charge is 0.0714 e. The molecule has 0 saturated heterocycles. The van der Waals surface area contributed by atoms with E-state index in [9.17, 15) is 0 Å². The molecule has 0 radical (unpaired) electrons. The van der Waals surface area contributed by atoms with Crippen LogP contribution in [0.1, 0.15) is 44.5 Å². The number of nitrogens with zero attached hydrogens (tertiary/aromatic N) is 2. The van der Waals surface area contributed by atoms with Crippen LogP contribution in [0.15, 0.2) is 582 Å². The number of anilines is 6. The maximum absolute atomic E-state index is 2.59. The summed E-state index contributed by atoms with van der Waals surface area (Å²) in [5.41, 5.74) is 40.4. The Morgan fingerprint density at radius 3 is 0.865 bits per heavy atom. The zero-order valence-corrected chi connectivity index (χ0v) is 81.3. The number of fused-ring (bicyclic) bond motifs is 14. The summed E-state index contributed by atoms with van der Waals surface area (Å²) in [6.45, 7) is 0. The van der Waals surface area contributed by atoms with E-state index in [0.717, 1.165) is 134 Å². The summed E-state index contributed by atoms with van der Waals surface area (Å²) >= 11 is 0. The first-order chi connectivity index (χ1) is 73.4. The lowest BCUT2D eigenvalue weighted by Gasteiger charge is -2.36. The van der Waals surface area contributed by atoms with Gasteiger partial charge in [-0.3, -0.25) is 0 Å². The molecule has 0 unspecified atom stereocenters. The van der Waals surface area contributed by atoms with Crippen LogP contribution in [0.5, 0.6) is 0 Å². The fraction of sp³-hybridized carbons (Fsp3) is 0.0137. The highest BCUT2D eigenvalue weighted by Gasteiger charge is 2.48. The van der Waals surface area contributed by atoms with Gasteiger partial charge in [-0.15, -0.1) is 0 Å². The van der Waals surface area contributed by atoms with E-state index in [0.29, 0.717) is 0 Å². The quantitative estimate of drug-likeness (QED) is 0.0745. The van der Waals surface area contributed by atoms with Crippen LogP contribution in [-0.2, 0) is 10.8 Å². The standard InChI is InChI=1S/C146H96N2/c1-6-40-101(41-7-1)132-94-116(148(143-130-68-26-22-60-121(130)119-58-20-24-66-128(119)141(143)108-84-79-97-39-16-17-47-107(97)91-108)115-56-38-54-112(93-115)146(110-51-14-5-15-52-110)139-73-34-30-64-125(139)126-65-31-35-74-140(126)146)89-90-118(132)104-80-75-98(76-81-104)99-77-82-105(83-78-99)135-95-134(103-44-10-3-11-45-103)136(96-133(135)102-42-8-2-9-43-102)106-85-87-113(88-86-106)147(144-131-69-27-23-61-122(131)120-59-21-25-67-129(120)142(144)127-70-36-48-100-46-18-19-57-117(100)127)114-55-37-53-111(92-114)145(109-49-12-4-13-50-109)137-71-32-28-62-123(137)124-63-29-33-72-138(124)145/h1-96H. The normalized spacial score (nSPS) is 12.6. The Balaban J connectivity index is 0.576. The molecule has 26 aromatic carbocycles. The van der Waals surface area contributed by atoms with E-state index in [2.05, 4.69) is 592 Å². The SMILES string of the molecule is c1ccc(-c2cc(N(c3cccc(C4(c5ccccc5)c5ccccc5-c5ccccc54)c3)c3c(-c4ccc5ccccc5c4)c4ccccc4c4ccccc34)ccc2-c2ccc(-c3ccc(-c4cc(-c5ccccc5)c(-c5ccc(N(c6cccc(C7(c8ccccc8)c8ccccc8-c8ccccc87)c6)c6c(-c7cccc8ccccc78)c7ccccc7c7ccccc67)cc5)cc4-c4ccccc4)cc3)cc2)cc1. The Kier molecular flexibility index (Phi) is 21.1. The molecule has 0 N–H and O–H groups in total. The Morgan fingerprint density at radius 2 is 0.405 bits per heavy atom. The Labute approximate surface area is 862 Å². The van der Waals surface area contributed by atoms with Crippen LogP contribution in [0.4, 0.5) is 34.1 Å². The van der Waals surface area contributed by atoms with Crippen molar-refractivity contribution < 1.29 is 0 Å². The molecular weight excluding hydrogens is 1780 g/mol. The molecule has 26 aromatic rings. The van der Waals surface area contributed by atoms with Crippen LogP contribution in [0.3, 0.4) is 0 Å². The van der Waals surface area contributed by atoms with Crippen molar-refractivity contribution in [2.45, 2.75) is 10.8 Å². The van der Waals surface area contributed by atoms with Gasteiger partial charge in [0.15, 0.2) is 0 Å². The Hall–Kier alpha value is -19.1. The second kappa shape index (κ2) is 36.1. The average molecular weight is 1880 g/mol. The van der Waals surface area contributed by atoms with Crippen LogP contribution in [0, 0.1) is 0 Å². The zero-order valence-electron chi connectivity index (χ0n) is 81.3. The fourth-order valence-electron chi connectivity index (χ4n) is 25.1. The van der Waals surface area contributed by atoms with Gasteiger partial charge in [-0.25, -0.2) is 0 Å². The maximum atomic E-state index is 2.59. The van der Waals surface area contributed by atoms with E-state index >= 15 is 0 Å². The lowest BCUT2D eigenvalue weighted by atomic mass is 9.67. The largest absolute Gasteiger partial charge is 0.309 e. The number of hydrogen-bond acceptors (Lipinski definition) is 2. The van der Waals surface area contributed by atoms with Crippen molar-refractivity contribution in [3.63, 3.8) is 0 Å². The summed E-state index contributed by atoms with van der Waals surface area (Å²) < 4.78 is 0. The van der Waals surface area contributed by atoms with Gasteiger partial charge in [0.1, 0.15) is 0 Å². The summed E-state index contributed by atoms with van der Waals surface area (Å²) in [6.07, 6.45) is 0. The predicted molar refractivity (Wildman–Crippen MR) is 624 cm³/mol. The Bertz CT molecular complexity index is 9600. The summed E-state index contributed by atoms with van der Waals surface area (Å²) in [4.78, 5) is 5.18. The highest BCUT2D eigenvalue weighted by molar-refractivity contribution is 6.26. The molecule has 2 heteroatoms. The van der Waals surface area contributed by atoms with Crippen LogP contribution >= 0.6 is 0 Å². The highest BCUT2D eigenvalue weighted by atomic mass is 15.2. The molecule has 28 rings (SSSR count). The minimum Gasteiger partial charge on any atom is -0.309 e. The van der Waals surface area contributed by atoms with Gasteiger partial charge in [0, 0.05) is 44.6 Å². The van der Waals surface area contributed by atoms with Crippen LogP contribution in [-0.4, -0.2) is 0 Å². The third-order valence-corrected chi connectivity index (χ3v) is 31.6. The van der Waals surface area contributed by atoms with Crippen LogP contribution in [0.2, 0.25) is 0 Å². The summed E-state index contributed by atoms with van der Waals surface area (Å²) in [5.74, 6) is 0. The van der Waals surface area contributed by atoms with Crippen molar-refractivity contribution in [3.8, 4) is 122 Å². The topological polar surface area (TPSA) is 6.48 Å². The molecule has 0 amide bonds. The summed E-state index contributed by atoms with van der Waals surface area (Å²) in [5, 5.41) is 14.2. The van der Waals surface area contributed by atoms with Gasteiger partial charge >= 0.3 is 0 Å². The monoisotopic (exact) mass is 1880 g/mol. The summed E-state index contributed by atoms with van der Waals surface area (Å²) in [7, 11) is 0. The fourth-order valence-corrected chi connectivity index (χ4v) is 25.1. The van der Waals surface area contributed by atoms with E-state index in [-0.39, 0.29) is 0 Å². The third kappa shape index (κ3) is 14.2. The molecule has 2 aliphatic rings. The van der Waals surface area contributed by atoms with Crippen LogP contribution in [0.25, 0.3) is 187 Å². The number of rotatable bonds is 19. The molecular formula is C146H96N2. The molecule has 0 heterocycles. The number of benzene rings is 26. The lowest BCUT2D eigenvalue weighted by Crippen LogP contribution is -2.28. The highest BCUT2D eigenvalue weighted by Crippen LogP contribution is 2.62. The molecule has 0 aliphatic heterocycles. The van der Waals surface area contributed by atoms with Crippen molar-refractivity contribution in [3.05, 3.63) is 627 Å². The second-order valence-electron chi connectivity index (χ2n) is 39.4. The van der Waals surface area contributed by atoms with Gasteiger partial charge in [0.05, 0.1) is 22.2 Å². The molecule has 0 fully saturated rings. The molecule has 148 heavy (non-hydrogen) atoms. The van der Waals surface area contributed by atoms with Crippen molar-refractivity contribution in [1.29, 1.82) is 0 Å². The molecule has 0 atom stereocenters. The molecule has 0 saturated carbocycles. The van der Waals surface area contributed by atoms with Gasteiger partial charge < -0.3 is 9.80 Å². The average Bonchev–Trinajstić information content (AvgIpc) is 1.47. The van der Waals surface area contributed by atoms with Gasteiger partial charge in [-0.1, -0.05) is 516 Å². The molecule has 2 aliphatic carbocycles. The maximum Gasteiger partial charge on any atom is 0.0714 e. The first-order valence-corrected chi connectivity index (χ1v) is 51.4. The van der Waals surface area contributed by atoms with Gasteiger partial charge in [-0.05, 0) is 276 Å². The van der Waals surface area contributed by atoms with E-state index in [4.69, 9.17) is 0 Å². The predicted octanol–water partition coefficient (Wildman–Crippen LogP) is 39.3. The minimum absolute atomic E-state index is 0.652. The molecule has 2 nitrogen and oxygen atoms in total. The van der Waals surface area contributed by atoms with Gasteiger partial charge in [-0.2, -0.15) is 0 Å². The van der Waals surface area contributed by atoms with E-state index in [1.165, 1.54) is 132 Å². The Morgan fingerprint density at radius 1 is 0.122 bits per heavy atom. The lowest BCUT2D eigenvalue weighted by molar-refractivity contribution is 0.768. The van der Waals surface area contributed by atoms with E-state index in [1.807, 2.05) is 0 Å². The van der Waals surface area contributed by atoms with E-state index < -0.39 is 10.8 Å². The minimum atomic E-state index is -0.654. The first kappa shape index (κ1) is 86.7. The van der Waals surface area contributed by atoms with Gasteiger partial charge in [0.25, 0.3) is 0 Å². The molecule has 0 aromatic heterocycles. The molecule has 690 valence electrons. The van der Waals surface area contributed by atoms with Crippen molar-refractivity contribution >= 4 is 98.8 Å². The summed E-state index contributed by atoms with van der Waals surface area (Å²) in [6, 6.07) is 219. The van der Waals surface area contributed by atoms with Crippen LogP contribution < -0.4 is 9.80 Å². The van der Waals surface area contributed by atoms with Crippen molar-refractivity contribution in [2.75, 3.05) is 9.80 Å². The molecule has 0 bridgehead atoms. The van der Waals surface area contributed by atoms with Crippen molar-refractivity contribution in [2.24, 2.45) is 0 Å². The molecule has 0 spiro atoms. The zero-order chi connectivity index (χ0) is 97.7. The number of hydrogen-bond donors (Lipinski definition) is 0. The first-order valence-electron chi connectivity index (χ1n) is 51.4.